The molecule has 0 aliphatic carbocycles. The van der Waals surface area contributed by atoms with Crippen LogP contribution in [0.1, 0.15) is 12.0 Å². The van der Waals surface area contributed by atoms with Crippen LogP contribution in [0, 0.1) is 11.6 Å². The molecular weight excluding hydrogens is 411 g/mol. The fourth-order valence-electron chi connectivity index (χ4n) is 3.55. The first-order chi connectivity index (χ1) is 14.1. The summed E-state index contributed by atoms with van der Waals surface area (Å²) in [5, 5.41) is 14.0. The van der Waals surface area contributed by atoms with Crippen molar-refractivity contribution in [3.05, 3.63) is 35.5 Å². The van der Waals surface area contributed by atoms with Crippen LogP contribution >= 0.6 is 0 Å². The molecule has 30 heavy (non-hydrogen) atoms. The minimum Gasteiger partial charge on any atom is -0.503 e. The summed E-state index contributed by atoms with van der Waals surface area (Å²) in [6.07, 6.45) is -2.92. The van der Waals surface area contributed by atoms with Gasteiger partial charge in [-0.2, -0.15) is 18.3 Å². The van der Waals surface area contributed by atoms with Gasteiger partial charge in [0.15, 0.2) is 17.4 Å². The third-order valence-electron chi connectivity index (χ3n) is 5.27. The molecule has 1 N–H and O–H groups in total. The lowest BCUT2D eigenvalue weighted by atomic mass is 10.0. The molecule has 1 aliphatic heterocycles. The monoisotopic (exact) mass is 428 g/mol. The SMILES string of the molecule is CN(c1cc2c(cn1)c(-c1cc(C(F)(F)F)c(F)c(O)c1F)nn2C)C1CCOC1. The molecular formula is C19H17F5N4O2. The van der Waals surface area contributed by atoms with E-state index < -0.39 is 34.7 Å². The van der Waals surface area contributed by atoms with E-state index >= 15 is 0 Å². The normalized spacial score (nSPS) is 17.1. The molecule has 3 heterocycles. The van der Waals surface area contributed by atoms with E-state index in [1.807, 2.05) is 11.9 Å². The van der Waals surface area contributed by atoms with Gasteiger partial charge < -0.3 is 14.7 Å². The van der Waals surface area contributed by atoms with Gasteiger partial charge in [0.1, 0.15) is 11.5 Å². The number of ether oxygens (including phenoxy) is 1. The summed E-state index contributed by atoms with van der Waals surface area (Å²) in [5.41, 5.74) is -2.14. The number of nitrogens with zero attached hydrogens (tertiary/aromatic N) is 4. The van der Waals surface area contributed by atoms with E-state index in [1.165, 1.54) is 10.9 Å². The Morgan fingerprint density at radius 1 is 1.23 bits per heavy atom. The van der Waals surface area contributed by atoms with Crippen LogP contribution in [-0.4, -0.2) is 46.2 Å². The molecule has 0 saturated carbocycles. The van der Waals surface area contributed by atoms with Gasteiger partial charge in [-0.1, -0.05) is 0 Å². The van der Waals surface area contributed by atoms with Crippen LogP contribution in [-0.2, 0) is 18.0 Å². The number of likely N-dealkylation sites (N-methyl/N-ethyl adjacent to an activating group) is 1. The average molecular weight is 428 g/mol. The molecule has 0 spiro atoms. The van der Waals surface area contributed by atoms with Crippen LogP contribution in [0.3, 0.4) is 0 Å². The number of rotatable bonds is 3. The van der Waals surface area contributed by atoms with Crippen LogP contribution in [0.4, 0.5) is 27.8 Å². The van der Waals surface area contributed by atoms with Gasteiger partial charge in [-0.3, -0.25) is 4.68 Å². The minimum atomic E-state index is -5.12. The van der Waals surface area contributed by atoms with E-state index in [4.69, 9.17) is 4.74 Å². The predicted molar refractivity (Wildman–Crippen MR) is 98.2 cm³/mol. The van der Waals surface area contributed by atoms with Crippen LogP contribution < -0.4 is 4.90 Å². The first-order valence-corrected chi connectivity index (χ1v) is 9.01. The molecule has 6 nitrogen and oxygen atoms in total. The van der Waals surface area contributed by atoms with Crippen molar-refractivity contribution in [2.75, 3.05) is 25.2 Å². The van der Waals surface area contributed by atoms with E-state index in [2.05, 4.69) is 10.1 Å². The highest BCUT2D eigenvalue weighted by molar-refractivity contribution is 5.94. The summed E-state index contributed by atoms with van der Waals surface area (Å²) < 4.78 is 74.5. The van der Waals surface area contributed by atoms with Gasteiger partial charge in [-0.25, -0.2) is 13.8 Å². The summed E-state index contributed by atoms with van der Waals surface area (Å²) in [4.78, 5) is 6.25. The largest absolute Gasteiger partial charge is 0.503 e. The highest BCUT2D eigenvalue weighted by Gasteiger charge is 2.38. The Hall–Kier alpha value is -2.95. The van der Waals surface area contributed by atoms with Crippen molar-refractivity contribution in [3.63, 3.8) is 0 Å². The molecule has 160 valence electrons. The second-order valence-corrected chi connectivity index (χ2v) is 7.11. The highest BCUT2D eigenvalue weighted by Crippen LogP contribution is 2.41. The van der Waals surface area contributed by atoms with Crippen molar-refractivity contribution in [2.45, 2.75) is 18.6 Å². The summed E-state index contributed by atoms with van der Waals surface area (Å²) in [5.74, 6) is -4.70. The number of hydrogen-bond donors (Lipinski definition) is 1. The first kappa shape index (κ1) is 20.3. The Labute approximate surface area is 167 Å². The minimum absolute atomic E-state index is 0.128. The van der Waals surface area contributed by atoms with Crippen molar-refractivity contribution in [2.24, 2.45) is 7.05 Å². The number of halogens is 5. The molecule has 2 aromatic heterocycles. The lowest BCUT2D eigenvalue weighted by Gasteiger charge is -2.24. The number of aryl methyl sites for hydroxylation is 1. The standard InChI is InChI=1S/C19H17F5N4O2/c1-27(9-3-4-30-8-9)14-6-13-11(7-25-14)17(26-28(13)2)10-5-12(19(22,23)24)16(21)18(29)15(10)20/h5-7,9,29H,3-4,8H2,1-2H3. The third kappa shape index (κ3) is 3.22. The van der Waals surface area contributed by atoms with Gasteiger partial charge in [-0.05, 0) is 12.5 Å². The zero-order chi connectivity index (χ0) is 21.8. The molecule has 0 radical (unpaired) electrons. The number of pyridine rings is 1. The van der Waals surface area contributed by atoms with E-state index in [-0.39, 0.29) is 17.1 Å². The second-order valence-electron chi connectivity index (χ2n) is 7.11. The summed E-state index contributed by atoms with van der Waals surface area (Å²) in [6, 6.07) is 2.11. The van der Waals surface area contributed by atoms with Gasteiger partial charge >= 0.3 is 6.18 Å². The number of aromatic hydroxyl groups is 1. The maximum atomic E-state index is 14.5. The topological polar surface area (TPSA) is 63.4 Å². The number of benzene rings is 1. The molecule has 0 bridgehead atoms. The molecule has 1 aliphatic rings. The Morgan fingerprint density at radius 3 is 2.60 bits per heavy atom. The number of anilines is 1. The van der Waals surface area contributed by atoms with Crippen molar-refractivity contribution >= 4 is 16.7 Å². The quantitative estimate of drug-likeness (QED) is 0.642. The van der Waals surface area contributed by atoms with Crippen molar-refractivity contribution in [1.82, 2.24) is 14.8 Å². The molecule has 11 heteroatoms. The number of alkyl halides is 3. The Balaban J connectivity index is 1.86. The molecule has 4 rings (SSSR count). The van der Waals surface area contributed by atoms with Crippen molar-refractivity contribution in [1.29, 1.82) is 0 Å². The van der Waals surface area contributed by atoms with Crippen LogP contribution in [0.25, 0.3) is 22.2 Å². The van der Waals surface area contributed by atoms with Gasteiger partial charge in [0, 0.05) is 43.9 Å². The fourth-order valence-corrected chi connectivity index (χ4v) is 3.55. The first-order valence-electron chi connectivity index (χ1n) is 9.01. The second kappa shape index (κ2) is 7.08. The van der Waals surface area contributed by atoms with Gasteiger partial charge in [-0.15, -0.1) is 0 Å². The van der Waals surface area contributed by atoms with E-state index in [1.54, 1.807) is 13.1 Å². The van der Waals surface area contributed by atoms with Crippen LogP contribution in [0.2, 0.25) is 0 Å². The molecule has 3 aromatic rings. The molecule has 0 amide bonds. The van der Waals surface area contributed by atoms with E-state index in [0.29, 0.717) is 30.6 Å². The lowest BCUT2D eigenvalue weighted by Crippen LogP contribution is -2.32. The molecule has 1 aromatic carbocycles. The highest BCUT2D eigenvalue weighted by atomic mass is 19.4. The number of hydrogen-bond acceptors (Lipinski definition) is 5. The zero-order valence-electron chi connectivity index (χ0n) is 16.0. The third-order valence-corrected chi connectivity index (χ3v) is 5.27. The van der Waals surface area contributed by atoms with Crippen molar-refractivity contribution in [3.8, 4) is 17.0 Å². The Bertz CT molecular complexity index is 1120. The Morgan fingerprint density at radius 2 is 1.97 bits per heavy atom. The van der Waals surface area contributed by atoms with E-state index in [9.17, 15) is 27.1 Å². The van der Waals surface area contributed by atoms with Crippen LogP contribution in [0.15, 0.2) is 18.3 Å². The summed E-state index contributed by atoms with van der Waals surface area (Å²) >= 11 is 0. The average Bonchev–Trinajstić information content (AvgIpc) is 3.33. The van der Waals surface area contributed by atoms with Gasteiger partial charge in [0.2, 0.25) is 0 Å². The Kier molecular flexibility index (Phi) is 4.80. The predicted octanol–water partition coefficient (Wildman–Crippen LogP) is 3.86. The van der Waals surface area contributed by atoms with Gasteiger partial charge in [0.25, 0.3) is 0 Å². The van der Waals surface area contributed by atoms with Crippen LogP contribution in [0.5, 0.6) is 5.75 Å². The smallest absolute Gasteiger partial charge is 0.419 e. The number of phenols is 1. The maximum Gasteiger partial charge on any atom is 0.419 e. The van der Waals surface area contributed by atoms with Crippen molar-refractivity contribution < 1.29 is 31.8 Å². The fraction of sp³-hybridized carbons (Fsp3) is 0.368. The maximum absolute atomic E-state index is 14.5. The molecule has 1 unspecified atom stereocenters. The van der Waals surface area contributed by atoms with Gasteiger partial charge in [0.05, 0.1) is 23.7 Å². The number of fused-ring (bicyclic) bond motifs is 1. The summed E-state index contributed by atoms with van der Waals surface area (Å²) in [7, 11) is 3.39. The molecule has 1 fully saturated rings. The van der Waals surface area contributed by atoms with E-state index in [0.717, 1.165) is 6.42 Å². The number of aromatic nitrogens is 3. The molecule has 1 saturated heterocycles. The zero-order valence-corrected chi connectivity index (χ0v) is 16.0. The number of phenolic OH excluding ortho intramolecular Hbond substituents is 1. The molecule has 1 atom stereocenters. The lowest BCUT2D eigenvalue weighted by molar-refractivity contribution is -0.140. The summed E-state index contributed by atoms with van der Waals surface area (Å²) in [6.45, 7) is 1.19.